The first-order valence-corrected chi connectivity index (χ1v) is 6.80. The van der Waals surface area contributed by atoms with Crippen LogP contribution in [0.3, 0.4) is 0 Å². The summed E-state index contributed by atoms with van der Waals surface area (Å²) in [4.78, 5) is 0.0670. The van der Waals surface area contributed by atoms with Gasteiger partial charge in [0.2, 0.25) is 10.0 Å². The lowest BCUT2D eigenvalue weighted by Crippen LogP contribution is -2.28. The molecule has 0 radical (unpaired) electrons. The van der Waals surface area contributed by atoms with Gasteiger partial charge in [0.25, 0.3) is 0 Å². The zero-order valence-corrected chi connectivity index (χ0v) is 11.4. The summed E-state index contributed by atoms with van der Waals surface area (Å²) in [6.07, 6.45) is 0. The molecule has 0 amide bonds. The molecule has 92 valence electrons. The van der Waals surface area contributed by atoms with Crippen molar-refractivity contribution in [1.29, 1.82) is 0 Å². The molecule has 0 fully saturated rings. The van der Waals surface area contributed by atoms with Gasteiger partial charge in [-0.05, 0) is 12.8 Å². The highest BCUT2D eigenvalue weighted by atomic mass is 35.5. The van der Waals surface area contributed by atoms with Crippen molar-refractivity contribution in [1.82, 2.24) is 14.5 Å². The fourth-order valence-electron chi connectivity index (χ4n) is 1.20. The Bertz CT molecular complexity index is 479. The van der Waals surface area contributed by atoms with Gasteiger partial charge < -0.3 is 0 Å². The third-order valence-corrected chi connectivity index (χ3v) is 4.14. The number of hydrogen-bond acceptors (Lipinski definition) is 3. The molecule has 5 nitrogen and oxygen atoms in total. The molecule has 1 aromatic rings. The summed E-state index contributed by atoms with van der Waals surface area (Å²) in [5.74, 6) is 0.241. The maximum absolute atomic E-state index is 11.9. The maximum atomic E-state index is 11.9. The predicted molar refractivity (Wildman–Crippen MR) is 63.0 cm³/mol. The van der Waals surface area contributed by atoms with Crippen LogP contribution in [-0.2, 0) is 17.1 Å². The molecule has 1 heterocycles. The fraction of sp³-hybridized carbons (Fsp3) is 0.667. The van der Waals surface area contributed by atoms with Gasteiger partial charge in [-0.2, -0.15) is 5.10 Å². The van der Waals surface area contributed by atoms with Crippen LogP contribution in [0.5, 0.6) is 0 Å². The molecule has 0 atom stereocenters. The van der Waals surface area contributed by atoms with Crippen molar-refractivity contribution < 1.29 is 8.42 Å². The highest BCUT2D eigenvalue weighted by molar-refractivity contribution is 7.89. The van der Waals surface area contributed by atoms with Gasteiger partial charge in [0, 0.05) is 13.6 Å². The lowest BCUT2D eigenvalue weighted by Gasteiger charge is -2.08. The second-order valence-corrected chi connectivity index (χ2v) is 6.14. The van der Waals surface area contributed by atoms with Gasteiger partial charge in [0.05, 0.1) is 5.69 Å². The molecule has 0 spiro atoms. The molecule has 7 heteroatoms. The van der Waals surface area contributed by atoms with E-state index in [4.69, 9.17) is 11.6 Å². The third kappa shape index (κ3) is 2.75. The summed E-state index contributed by atoms with van der Waals surface area (Å²) < 4.78 is 27.8. The average molecular weight is 266 g/mol. The Morgan fingerprint density at radius 2 is 2.06 bits per heavy atom. The number of hydrogen-bond donors (Lipinski definition) is 1. The fourth-order valence-corrected chi connectivity index (χ4v) is 3.24. The standard InChI is InChI=1S/C9H16ClN3O2S/c1-6(2)5-11-16(14,15)8-7(3)13(4)12-9(8)10/h6,11H,5H2,1-4H3. The van der Waals surface area contributed by atoms with E-state index in [1.165, 1.54) is 4.68 Å². The second-order valence-electron chi connectivity index (χ2n) is 4.07. The minimum Gasteiger partial charge on any atom is -0.270 e. The molecule has 1 N–H and O–H groups in total. The lowest BCUT2D eigenvalue weighted by molar-refractivity contribution is 0.559. The number of aryl methyl sites for hydroxylation is 1. The summed E-state index contributed by atoms with van der Waals surface area (Å²) in [5.41, 5.74) is 0.529. The van der Waals surface area contributed by atoms with Gasteiger partial charge in [-0.1, -0.05) is 25.4 Å². The van der Waals surface area contributed by atoms with E-state index >= 15 is 0 Å². The molecule has 0 saturated heterocycles. The first-order valence-electron chi connectivity index (χ1n) is 4.94. The van der Waals surface area contributed by atoms with E-state index in [1.54, 1.807) is 14.0 Å². The van der Waals surface area contributed by atoms with E-state index in [2.05, 4.69) is 9.82 Å². The van der Waals surface area contributed by atoms with Crippen molar-refractivity contribution in [3.63, 3.8) is 0 Å². The smallest absolute Gasteiger partial charge is 0.245 e. The quantitative estimate of drug-likeness (QED) is 0.893. The highest BCUT2D eigenvalue weighted by Gasteiger charge is 2.24. The van der Waals surface area contributed by atoms with Gasteiger partial charge in [0.1, 0.15) is 4.90 Å². The van der Waals surface area contributed by atoms with E-state index in [0.717, 1.165) is 0 Å². The summed E-state index contributed by atoms with van der Waals surface area (Å²) in [7, 11) is -1.91. The average Bonchev–Trinajstić information content (AvgIpc) is 2.38. The second kappa shape index (κ2) is 4.73. The van der Waals surface area contributed by atoms with Crippen molar-refractivity contribution in [2.45, 2.75) is 25.7 Å². The zero-order chi connectivity index (χ0) is 12.5. The summed E-state index contributed by atoms with van der Waals surface area (Å²) >= 11 is 5.80. The molecular formula is C9H16ClN3O2S. The van der Waals surface area contributed by atoms with Gasteiger partial charge in [-0.25, -0.2) is 13.1 Å². The Labute approximate surface area is 101 Å². The third-order valence-electron chi connectivity index (χ3n) is 2.19. The molecular weight excluding hydrogens is 250 g/mol. The number of sulfonamides is 1. The minimum absolute atomic E-state index is 0.0104. The van der Waals surface area contributed by atoms with Crippen LogP contribution in [0.25, 0.3) is 0 Å². The molecule has 0 aliphatic heterocycles. The van der Waals surface area contributed by atoms with E-state index in [-0.39, 0.29) is 16.0 Å². The van der Waals surface area contributed by atoms with Crippen LogP contribution in [0.4, 0.5) is 0 Å². The number of nitrogens with zero attached hydrogens (tertiary/aromatic N) is 2. The van der Waals surface area contributed by atoms with Gasteiger partial charge in [-0.15, -0.1) is 0 Å². The molecule has 0 saturated carbocycles. The molecule has 1 aromatic heterocycles. The summed E-state index contributed by atoms with van der Waals surface area (Å²) in [5, 5.41) is 3.88. The van der Waals surface area contributed by atoms with Crippen molar-refractivity contribution in [2.24, 2.45) is 13.0 Å². The Morgan fingerprint density at radius 3 is 2.44 bits per heavy atom. The van der Waals surface area contributed by atoms with Crippen LogP contribution in [0.1, 0.15) is 19.5 Å². The lowest BCUT2D eigenvalue weighted by atomic mass is 10.2. The summed E-state index contributed by atoms with van der Waals surface area (Å²) in [6, 6.07) is 0. The number of halogens is 1. The SMILES string of the molecule is Cc1c(S(=O)(=O)NCC(C)C)c(Cl)nn1C. The van der Waals surface area contributed by atoms with Crippen LogP contribution >= 0.6 is 11.6 Å². The van der Waals surface area contributed by atoms with Crippen LogP contribution in [-0.4, -0.2) is 24.7 Å². The van der Waals surface area contributed by atoms with Crippen LogP contribution < -0.4 is 4.72 Å². The van der Waals surface area contributed by atoms with Crippen molar-refractivity contribution in [2.75, 3.05) is 6.54 Å². The number of nitrogens with one attached hydrogen (secondary N) is 1. The van der Waals surface area contributed by atoms with Gasteiger partial charge in [0.15, 0.2) is 5.15 Å². The molecule has 1 rings (SSSR count). The molecule has 16 heavy (non-hydrogen) atoms. The highest BCUT2D eigenvalue weighted by Crippen LogP contribution is 2.23. The van der Waals surface area contributed by atoms with E-state index in [1.807, 2.05) is 13.8 Å². The Balaban J connectivity index is 3.08. The largest absolute Gasteiger partial charge is 0.270 e. The number of aromatic nitrogens is 2. The Morgan fingerprint density at radius 1 is 1.50 bits per heavy atom. The molecule has 0 aliphatic rings. The van der Waals surface area contributed by atoms with E-state index < -0.39 is 10.0 Å². The molecule has 0 aromatic carbocycles. The van der Waals surface area contributed by atoms with Crippen molar-refractivity contribution in [3.8, 4) is 0 Å². The van der Waals surface area contributed by atoms with Crippen molar-refractivity contribution >= 4 is 21.6 Å². The zero-order valence-electron chi connectivity index (χ0n) is 9.78. The van der Waals surface area contributed by atoms with E-state index in [0.29, 0.717) is 12.2 Å². The topological polar surface area (TPSA) is 64.0 Å². The molecule has 0 aliphatic carbocycles. The Kier molecular flexibility index (Phi) is 3.98. The van der Waals surface area contributed by atoms with Crippen LogP contribution in [0, 0.1) is 12.8 Å². The monoisotopic (exact) mass is 265 g/mol. The first kappa shape index (κ1) is 13.5. The van der Waals surface area contributed by atoms with Crippen molar-refractivity contribution in [3.05, 3.63) is 10.8 Å². The van der Waals surface area contributed by atoms with Crippen LogP contribution in [0.2, 0.25) is 5.15 Å². The predicted octanol–water partition coefficient (Wildman–Crippen LogP) is 1.32. The number of rotatable bonds is 4. The first-order chi connectivity index (χ1) is 7.25. The summed E-state index contributed by atoms with van der Waals surface area (Å²) in [6.45, 7) is 5.91. The maximum Gasteiger partial charge on any atom is 0.245 e. The minimum atomic E-state index is -3.56. The molecule has 0 bridgehead atoms. The molecule has 0 unspecified atom stereocenters. The van der Waals surface area contributed by atoms with Gasteiger partial charge in [-0.3, -0.25) is 4.68 Å². The van der Waals surface area contributed by atoms with Gasteiger partial charge >= 0.3 is 0 Å². The Hall–Kier alpha value is -0.590. The normalized spacial score (nSPS) is 12.4. The van der Waals surface area contributed by atoms with E-state index in [9.17, 15) is 8.42 Å². The van der Waals surface area contributed by atoms with Crippen LogP contribution in [0.15, 0.2) is 4.90 Å².